The van der Waals surface area contributed by atoms with E-state index in [4.69, 9.17) is 14.2 Å². The van der Waals surface area contributed by atoms with Crippen molar-refractivity contribution in [1.29, 1.82) is 0 Å². The number of ether oxygens (including phenoxy) is 3. The van der Waals surface area contributed by atoms with E-state index < -0.39 is 0 Å². The molecule has 2 aliphatic heterocycles. The summed E-state index contributed by atoms with van der Waals surface area (Å²) in [4.78, 5) is 11.5. The van der Waals surface area contributed by atoms with Gasteiger partial charge in [-0.3, -0.25) is 4.79 Å². The Hall–Kier alpha value is -0.870. The van der Waals surface area contributed by atoms with Crippen LogP contribution in [0.4, 0.5) is 0 Å². The first-order valence-electron chi connectivity index (χ1n) is 13.8. The van der Waals surface area contributed by atoms with Gasteiger partial charge in [0.2, 0.25) is 0 Å². The van der Waals surface area contributed by atoms with E-state index in [1.807, 2.05) is 0 Å². The van der Waals surface area contributed by atoms with Crippen LogP contribution in [0.3, 0.4) is 0 Å². The van der Waals surface area contributed by atoms with E-state index in [1.165, 1.54) is 32.1 Å². The largest absolute Gasteiger partial charge is 0.462 e. The summed E-state index contributed by atoms with van der Waals surface area (Å²) < 4.78 is 19.0. The molecule has 6 aliphatic rings. The number of fused-ring (bicyclic) bond motifs is 7. The van der Waals surface area contributed by atoms with Gasteiger partial charge in [0.15, 0.2) is 5.79 Å². The van der Waals surface area contributed by atoms with E-state index in [-0.39, 0.29) is 23.3 Å². The summed E-state index contributed by atoms with van der Waals surface area (Å²) in [5, 5.41) is 0. The number of allylic oxidation sites excluding steroid dienone is 1. The van der Waals surface area contributed by atoms with Gasteiger partial charge in [-0.2, -0.15) is 0 Å². The molecule has 184 valence electrons. The Morgan fingerprint density at radius 1 is 1.09 bits per heavy atom. The van der Waals surface area contributed by atoms with Crippen LogP contribution in [0.1, 0.15) is 92.4 Å². The number of rotatable bonds is 1. The fourth-order valence-corrected chi connectivity index (χ4v) is 9.98. The van der Waals surface area contributed by atoms with Crippen molar-refractivity contribution >= 4 is 5.97 Å². The molecule has 11 atom stereocenters. The Labute approximate surface area is 200 Å². The van der Waals surface area contributed by atoms with E-state index in [0.717, 1.165) is 50.0 Å². The van der Waals surface area contributed by atoms with Gasteiger partial charge in [0.25, 0.3) is 0 Å². The highest BCUT2D eigenvalue weighted by Gasteiger charge is 2.68. The third-order valence-corrected chi connectivity index (χ3v) is 11.7. The zero-order valence-electron chi connectivity index (χ0n) is 21.4. The van der Waals surface area contributed by atoms with Crippen LogP contribution in [0.25, 0.3) is 0 Å². The second-order valence-corrected chi connectivity index (χ2v) is 13.3. The first-order chi connectivity index (χ1) is 15.7. The summed E-state index contributed by atoms with van der Waals surface area (Å²) in [6.45, 7) is 12.3. The second-order valence-electron chi connectivity index (χ2n) is 13.3. The van der Waals surface area contributed by atoms with Crippen molar-refractivity contribution in [2.45, 2.75) is 110 Å². The van der Waals surface area contributed by atoms with Crippen LogP contribution in [0.15, 0.2) is 11.6 Å². The van der Waals surface area contributed by atoms with Gasteiger partial charge < -0.3 is 14.2 Å². The average molecular weight is 457 g/mol. The maximum absolute atomic E-state index is 11.5. The van der Waals surface area contributed by atoms with Crippen LogP contribution in [0, 0.1) is 46.3 Å². The topological polar surface area (TPSA) is 44.8 Å². The van der Waals surface area contributed by atoms with Crippen molar-refractivity contribution in [3.63, 3.8) is 0 Å². The molecule has 0 radical (unpaired) electrons. The minimum absolute atomic E-state index is 0.0849. The summed E-state index contributed by atoms with van der Waals surface area (Å²) in [6, 6.07) is 0. The highest BCUT2D eigenvalue weighted by molar-refractivity contribution is 5.66. The van der Waals surface area contributed by atoms with Gasteiger partial charge in [-0.25, -0.2) is 0 Å². The molecule has 0 N–H and O–H groups in total. The van der Waals surface area contributed by atoms with Gasteiger partial charge >= 0.3 is 5.97 Å². The minimum atomic E-state index is -0.312. The molecule has 4 heteroatoms. The van der Waals surface area contributed by atoms with Crippen molar-refractivity contribution in [1.82, 2.24) is 0 Å². The predicted octanol–water partition coefficient (Wildman–Crippen LogP) is 6.28. The van der Waals surface area contributed by atoms with Crippen LogP contribution in [-0.2, 0) is 19.0 Å². The summed E-state index contributed by atoms with van der Waals surface area (Å²) in [5.74, 6) is 3.64. The summed E-state index contributed by atoms with van der Waals surface area (Å²) >= 11 is 0. The maximum atomic E-state index is 11.5. The molecule has 5 fully saturated rings. The van der Waals surface area contributed by atoms with E-state index in [1.54, 1.807) is 12.5 Å². The van der Waals surface area contributed by atoms with Crippen LogP contribution >= 0.6 is 0 Å². The molecular formula is C29H44O4. The van der Waals surface area contributed by atoms with E-state index in [0.29, 0.717) is 29.3 Å². The Kier molecular flexibility index (Phi) is 5.18. The molecule has 2 saturated heterocycles. The van der Waals surface area contributed by atoms with E-state index in [2.05, 4.69) is 33.8 Å². The zero-order chi connectivity index (χ0) is 23.2. The summed E-state index contributed by atoms with van der Waals surface area (Å²) in [6.07, 6.45) is 13.6. The van der Waals surface area contributed by atoms with Gasteiger partial charge in [-0.05, 0) is 85.4 Å². The van der Waals surface area contributed by atoms with Crippen LogP contribution in [-0.4, -0.2) is 30.6 Å². The van der Waals surface area contributed by atoms with Crippen molar-refractivity contribution in [2.75, 3.05) is 6.61 Å². The summed E-state index contributed by atoms with van der Waals surface area (Å²) in [7, 11) is 0. The molecular weight excluding hydrogens is 412 g/mol. The van der Waals surface area contributed by atoms with Gasteiger partial charge in [-0.15, -0.1) is 0 Å². The zero-order valence-corrected chi connectivity index (χ0v) is 21.4. The molecule has 4 aliphatic carbocycles. The Morgan fingerprint density at radius 3 is 2.64 bits per heavy atom. The highest BCUT2D eigenvalue weighted by Crippen LogP contribution is 2.70. The second kappa shape index (κ2) is 7.56. The lowest BCUT2D eigenvalue weighted by atomic mass is 9.47. The molecule has 4 nitrogen and oxygen atoms in total. The van der Waals surface area contributed by atoms with Crippen molar-refractivity contribution < 1.29 is 19.0 Å². The van der Waals surface area contributed by atoms with Gasteiger partial charge in [0.05, 0.1) is 12.7 Å². The average Bonchev–Trinajstić information content (AvgIpc) is 3.21. The molecule has 6 rings (SSSR count). The Bertz CT molecular complexity index is 841. The van der Waals surface area contributed by atoms with E-state index in [9.17, 15) is 4.79 Å². The molecule has 2 heterocycles. The molecule has 3 saturated carbocycles. The van der Waals surface area contributed by atoms with Crippen molar-refractivity contribution in [3.05, 3.63) is 11.6 Å². The third-order valence-electron chi connectivity index (χ3n) is 11.7. The molecule has 0 unspecified atom stereocenters. The Morgan fingerprint density at radius 2 is 1.91 bits per heavy atom. The van der Waals surface area contributed by atoms with E-state index >= 15 is 0 Å². The van der Waals surface area contributed by atoms with Gasteiger partial charge in [-0.1, -0.05) is 39.3 Å². The lowest BCUT2D eigenvalue weighted by Crippen LogP contribution is -2.52. The fraction of sp³-hybridized carbons (Fsp3) is 0.897. The van der Waals surface area contributed by atoms with Gasteiger partial charge in [0, 0.05) is 25.7 Å². The Balaban J connectivity index is 1.24. The van der Waals surface area contributed by atoms with Crippen LogP contribution in [0.2, 0.25) is 0 Å². The molecule has 33 heavy (non-hydrogen) atoms. The first kappa shape index (κ1) is 22.6. The molecule has 0 aromatic heterocycles. The summed E-state index contributed by atoms with van der Waals surface area (Å²) in [5.41, 5.74) is 2.24. The molecule has 0 aromatic carbocycles. The normalized spacial score (nSPS) is 55.2. The molecule has 0 amide bonds. The van der Waals surface area contributed by atoms with Crippen molar-refractivity contribution in [3.8, 4) is 0 Å². The third kappa shape index (κ3) is 3.18. The lowest BCUT2D eigenvalue weighted by molar-refractivity contribution is -0.272. The predicted molar refractivity (Wildman–Crippen MR) is 127 cm³/mol. The number of carbonyl (C=O) groups is 1. The number of hydrogen-bond donors (Lipinski definition) is 0. The number of carbonyl (C=O) groups excluding carboxylic acids is 1. The lowest BCUT2D eigenvalue weighted by Gasteiger charge is -2.58. The smallest absolute Gasteiger partial charge is 0.302 e. The molecule has 0 aromatic rings. The molecule has 1 spiro atoms. The number of hydrogen-bond acceptors (Lipinski definition) is 4. The molecule has 0 bridgehead atoms. The standard InChI is InChI=1S/C29H44O4/c1-17-8-13-29(31-16-17)18(2)26-25(33-29)15-24-22-7-6-20-14-21(32-19(3)30)9-11-27(20,4)23(22)10-12-28(24,26)5/h6,17-18,21-26H,7-16H2,1-5H3/t17-,18-,21+,22-,23+,24+,25+,26+,27+,28+,29-/m1/s1. The fourth-order valence-electron chi connectivity index (χ4n) is 9.98. The van der Waals surface area contributed by atoms with Crippen LogP contribution < -0.4 is 0 Å². The van der Waals surface area contributed by atoms with Crippen LogP contribution in [0.5, 0.6) is 0 Å². The first-order valence-corrected chi connectivity index (χ1v) is 13.8. The van der Waals surface area contributed by atoms with Gasteiger partial charge in [0.1, 0.15) is 6.10 Å². The monoisotopic (exact) mass is 456 g/mol. The highest BCUT2D eigenvalue weighted by atomic mass is 16.7. The van der Waals surface area contributed by atoms with Crippen molar-refractivity contribution in [2.24, 2.45) is 46.3 Å². The quantitative estimate of drug-likeness (QED) is 0.344. The number of esters is 1. The maximum Gasteiger partial charge on any atom is 0.302 e. The minimum Gasteiger partial charge on any atom is -0.462 e. The SMILES string of the molecule is CC(=O)O[C@H]1CC[C@@]2(C)C(=CC[C@H]3[C@@H]4C[C@@H]5O[C@]6(CC[C@@H](C)CO6)[C@H](C)[C@@H]5[C@@]4(C)CC[C@@H]32)C1.